The highest BCUT2D eigenvalue weighted by Gasteiger charge is 2.01. The van der Waals surface area contributed by atoms with Crippen LogP contribution in [0.15, 0.2) is 29.0 Å². The van der Waals surface area contributed by atoms with Crippen molar-refractivity contribution in [2.75, 3.05) is 13.1 Å². The van der Waals surface area contributed by atoms with Gasteiger partial charge in [-0.1, -0.05) is 13.0 Å². The summed E-state index contributed by atoms with van der Waals surface area (Å²) >= 11 is 0. The first-order chi connectivity index (χ1) is 8.79. The van der Waals surface area contributed by atoms with Gasteiger partial charge in [0.25, 0.3) is 0 Å². The van der Waals surface area contributed by atoms with Crippen LogP contribution in [0.2, 0.25) is 0 Å². The Morgan fingerprint density at radius 2 is 2.17 bits per heavy atom. The van der Waals surface area contributed by atoms with Crippen LogP contribution in [0.3, 0.4) is 0 Å². The Morgan fingerprint density at radius 3 is 3.00 bits per heavy atom. The Kier molecular flexibility index (Phi) is 4.17. The lowest BCUT2D eigenvalue weighted by atomic mass is 10.1. The van der Waals surface area contributed by atoms with Gasteiger partial charge in [0.05, 0.1) is 0 Å². The van der Waals surface area contributed by atoms with E-state index in [2.05, 4.69) is 15.6 Å². The molecular weight excluding hydrogens is 230 g/mol. The molecule has 5 nitrogen and oxygen atoms in total. The number of nitrogens with one attached hydrogen (secondary N) is 2. The van der Waals surface area contributed by atoms with Gasteiger partial charge >= 0.3 is 6.03 Å². The van der Waals surface area contributed by atoms with Crippen LogP contribution in [0.25, 0.3) is 11.1 Å². The van der Waals surface area contributed by atoms with Gasteiger partial charge in [0, 0.05) is 13.1 Å². The highest BCUT2D eigenvalue weighted by Crippen LogP contribution is 2.14. The molecule has 96 valence electrons. The number of hydrogen-bond donors (Lipinski definition) is 2. The van der Waals surface area contributed by atoms with Crippen LogP contribution in [0, 0.1) is 0 Å². The molecule has 1 aromatic carbocycles. The molecule has 0 atom stereocenters. The summed E-state index contributed by atoms with van der Waals surface area (Å²) in [4.78, 5) is 15.4. The van der Waals surface area contributed by atoms with E-state index < -0.39 is 0 Å². The van der Waals surface area contributed by atoms with Crippen LogP contribution in [0.5, 0.6) is 0 Å². The van der Waals surface area contributed by atoms with Crippen LogP contribution in [0.1, 0.15) is 18.9 Å². The number of fused-ring (bicyclic) bond motifs is 1. The third kappa shape index (κ3) is 3.23. The monoisotopic (exact) mass is 247 g/mol. The number of aromatic nitrogens is 1. The molecule has 2 rings (SSSR count). The Morgan fingerprint density at radius 1 is 1.33 bits per heavy atom. The fourth-order valence-electron chi connectivity index (χ4n) is 1.68. The normalized spacial score (nSPS) is 10.5. The van der Waals surface area contributed by atoms with E-state index in [9.17, 15) is 4.79 Å². The van der Waals surface area contributed by atoms with Gasteiger partial charge in [0.1, 0.15) is 5.52 Å². The Labute approximate surface area is 106 Å². The number of hydrogen-bond acceptors (Lipinski definition) is 3. The topological polar surface area (TPSA) is 67.2 Å². The maximum Gasteiger partial charge on any atom is 0.314 e. The third-order valence-corrected chi connectivity index (χ3v) is 2.63. The van der Waals surface area contributed by atoms with Gasteiger partial charge in [-0.3, -0.25) is 0 Å². The van der Waals surface area contributed by atoms with Crippen LogP contribution >= 0.6 is 0 Å². The molecule has 2 amide bonds. The van der Waals surface area contributed by atoms with E-state index in [1.54, 1.807) is 0 Å². The molecule has 0 saturated carbocycles. The Hall–Kier alpha value is -2.04. The number of carbonyl (C=O) groups excluding carboxylic acids is 1. The number of amides is 2. The molecule has 18 heavy (non-hydrogen) atoms. The van der Waals surface area contributed by atoms with Crippen LogP contribution in [-0.2, 0) is 6.42 Å². The van der Waals surface area contributed by atoms with E-state index in [0.717, 1.165) is 29.5 Å². The minimum absolute atomic E-state index is 0.113. The molecule has 5 heteroatoms. The second kappa shape index (κ2) is 6.05. The molecule has 2 N–H and O–H groups in total. The fraction of sp³-hybridized carbons (Fsp3) is 0.385. The Bertz CT molecular complexity index is 522. The van der Waals surface area contributed by atoms with E-state index in [-0.39, 0.29) is 6.03 Å². The van der Waals surface area contributed by atoms with Crippen molar-refractivity contribution < 1.29 is 9.21 Å². The first-order valence-corrected chi connectivity index (χ1v) is 6.13. The fourth-order valence-corrected chi connectivity index (χ4v) is 1.68. The first-order valence-electron chi connectivity index (χ1n) is 6.13. The summed E-state index contributed by atoms with van der Waals surface area (Å²) in [5.41, 5.74) is 2.75. The van der Waals surface area contributed by atoms with Gasteiger partial charge in [0.15, 0.2) is 12.0 Å². The molecule has 0 saturated heterocycles. The van der Waals surface area contributed by atoms with Crippen LogP contribution in [-0.4, -0.2) is 24.1 Å². The number of oxazole rings is 1. The van der Waals surface area contributed by atoms with E-state index >= 15 is 0 Å². The SMILES string of the molecule is CCCNC(=O)NCCc1ccc2ncoc2c1. The summed E-state index contributed by atoms with van der Waals surface area (Å²) in [6, 6.07) is 5.76. The smallest absolute Gasteiger partial charge is 0.314 e. The zero-order chi connectivity index (χ0) is 12.8. The molecule has 0 fully saturated rings. The van der Waals surface area contributed by atoms with E-state index in [1.165, 1.54) is 6.39 Å². The molecular formula is C13H17N3O2. The molecule has 0 bridgehead atoms. The Balaban J connectivity index is 1.81. The minimum Gasteiger partial charge on any atom is -0.443 e. The number of nitrogens with zero attached hydrogens (tertiary/aromatic N) is 1. The van der Waals surface area contributed by atoms with Gasteiger partial charge in [-0.2, -0.15) is 0 Å². The minimum atomic E-state index is -0.113. The van der Waals surface area contributed by atoms with Gasteiger partial charge in [-0.15, -0.1) is 0 Å². The summed E-state index contributed by atoms with van der Waals surface area (Å²) in [5, 5.41) is 5.58. The molecule has 0 aliphatic carbocycles. The quantitative estimate of drug-likeness (QED) is 0.850. The lowest BCUT2D eigenvalue weighted by Gasteiger charge is -2.06. The molecule has 0 spiro atoms. The van der Waals surface area contributed by atoms with Gasteiger partial charge in [-0.25, -0.2) is 9.78 Å². The van der Waals surface area contributed by atoms with E-state index in [1.807, 2.05) is 25.1 Å². The molecule has 1 aromatic heterocycles. The molecule has 2 aromatic rings. The summed E-state index contributed by atoms with van der Waals surface area (Å²) in [6.45, 7) is 3.33. The van der Waals surface area contributed by atoms with Crippen molar-refractivity contribution >= 4 is 17.1 Å². The lowest BCUT2D eigenvalue weighted by Crippen LogP contribution is -2.36. The second-order valence-electron chi connectivity index (χ2n) is 4.09. The number of benzene rings is 1. The van der Waals surface area contributed by atoms with Crippen molar-refractivity contribution in [1.29, 1.82) is 0 Å². The predicted molar refractivity (Wildman–Crippen MR) is 69.4 cm³/mol. The third-order valence-electron chi connectivity index (χ3n) is 2.63. The number of rotatable bonds is 5. The van der Waals surface area contributed by atoms with E-state index in [0.29, 0.717) is 13.1 Å². The van der Waals surface area contributed by atoms with Crippen molar-refractivity contribution in [2.45, 2.75) is 19.8 Å². The molecule has 0 radical (unpaired) electrons. The van der Waals surface area contributed by atoms with Crippen LogP contribution in [0.4, 0.5) is 4.79 Å². The predicted octanol–water partition coefficient (Wildman–Crippen LogP) is 2.08. The largest absolute Gasteiger partial charge is 0.443 e. The first kappa shape index (κ1) is 12.4. The number of carbonyl (C=O) groups is 1. The summed E-state index contributed by atoms with van der Waals surface area (Å²) < 4.78 is 5.23. The molecule has 0 aliphatic heterocycles. The lowest BCUT2D eigenvalue weighted by molar-refractivity contribution is 0.241. The van der Waals surface area contributed by atoms with Crippen molar-refractivity contribution in [3.63, 3.8) is 0 Å². The second-order valence-corrected chi connectivity index (χ2v) is 4.09. The van der Waals surface area contributed by atoms with Crippen molar-refractivity contribution in [3.05, 3.63) is 30.2 Å². The van der Waals surface area contributed by atoms with Crippen molar-refractivity contribution in [3.8, 4) is 0 Å². The summed E-state index contributed by atoms with van der Waals surface area (Å²) in [6.07, 6.45) is 3.15. The summed E-state index contributed by atoms with van der Waals surface area (Å²) in [5.74, 6) is 0. The zero-order valence-corrected chi connectivity index (χ0v) is 10.4. The molecule has 0 unspecified atom stereocenters. The van der Waals surface area contributed by atoms with Crippen molar-refractivity contribution in [1.82, 2.24) is 15.6 Å². The summed E-state index contributed by atoms with van der Waals surface area (Å²) in [7, 11) is 0. The highest BCUT2D eigenvalue weighted by atomic mass is 16.3. The standard InChI is InChI=1S/C13H17N3O2/c1-2-6-14-13(17)15-7-5-10-3-4-11-12(8-10)18-9-16-11/h3-4,8-9H,2,5-7H2,1H3,(H2,14,15,17). The van der Waals surface area contributed by atoms with Gasteiger partial charge < -0.3 is 15.1 Å². The van der Waals surface area contributed by atoms with Gasteiger partial charge in [0.2, 0.25) is 0 Å². The average molecular weight is 247 g/mol. The highest BCUT2D eigenvalue weighted by molar-refractivity contribution is 5.74. The zero-order valence-electron chi connectivity index (χ0n) is 10.4. The van der Waals surface area contributed by atoms with Gasteiger partial charge in [-0.05, 0) is 30.5 Å². The van der Waals surface area contributed by atoms with Crippen molar-refractivity contribution in [2.24, 2.45) is 0 Å². The average Bonchev–Trinajstić information content (AvgIpc) is 2.83. The molecule has 1 heterocycles. The maximum atomic E-state index is 11.3. The van der Waals surface area contributed by atoms with Crippen LogP contribution < -0.4 is 10.6 Å². The molecule has 0 aliphatic rings. The maximum absolute atomic E-state index is 11.3. The number of urea groups is 1. The van der Waals surface area contributed by atoms with E-state index in [4.69, 9.17) is 4.42 Å².